The SMILES string of the molecule is CCc1ccc([C@@H]2C(C(=O)OC)=C(C)NC3=C2C(=O)CC(C)(C)C3)s1. The predicted octanol–water partition coefficient (Wildman–Crippen LogP) is 4.09. The monoisotopic (exact) mass is 359 g/mol. The van der Waals surface area contributed by atoms with E-state index in [1.54, 1.807) is 11.3 Å². The van der Waals surface area contributed by atoms with Crippen LogP contribution in [-0.2, 0) is 20.7 Å². The van der Waals surface area contributed by atoms with Gasteiger partial charge in [0.25, 0.3) is 0 Å². The van der Waals surface area contributed by atoms with Gasteiger partial charge in [0.05, 0.1) is 18.6 Å². The number of ketones is 1. The molecule has 0 aromatic carbocycles. The van der Waals surface area contributed by atoms with Gasteiger partial charge in [-0.1, -0.05) is 20.8 Å². The van der Waals surface area contributed by atoms with Crippen molar-refractivity contribution >= 4 is 23.1 Å². The Morgan fingerprint density at radius 3 is 2.68 bits per heavy atom. The van der Waals surface area contributed by atoms with E-state index in [1.807, 2.05) is 13.0 Å². The minimum atomic E-state index is -0.370. The van der Waals surface area contributed by atoms with Gasteiger partial charge in [-0.2, -0.15) is 0 Å². The molecule has 0 saturated heterocycles. The van der Waals surface area contributed by atoms with Crippen LogP contribution < -0.4 is 5.32 Å². The van der Waals surface area contributed by atoms with Gasteiger partial charge in [0.1, 0.15) is 0 Å². The second kappa shape index (κ2) is 6.45. The first-order chi connectivity index (χ1) is 11.8. The topological polar surface area (TPSA) is 55.4 Å². The van der Waals surface area contributed by atoms with Crippen molar-refractivity contribution in [3.8, 4) is 0 Å². The van der Waals surface area contributed by atoms with Crippen molar-refractivity contribution in [3.05, 3.63) is 44.4 Å². The van der Waals surface area contributed by atoms with Crippen LogP contribution in [0, 0.1) is 5.41 Å². The summed E-state index contributed by atoms with van der Waals surface area (Å²) in [7, 11) is 1.39. The number of Topliss-reactive ketones (excluding diaryl/α,β-unsaturated/α-hetero) is 1. The number of hydrogen-bond donors (Lipinski definition) is 1. The molecule has 0 saturated carbocycles. The van der Waals surface area contributed by atoms with E-state index in [0.717, 1.165) is 34.7 Å². The maximum Gasteiger partial charge on any atom is 0.336 e. The highest BCUT2D eigenvalue weighted by Gasteiger charge is 2.43. The van der Waals surface area contributed by atoms with Gasteiger partial charge in [0.15, 0.2) is 5.78 Å². The second-order valence-corrected chi connectivity index (χ2v) is 8.78. The number of methoxy groups -OCH3 is 1. The Hall–Kier alpha value is -1.88. The van der Waals surface area contributed by atoms with Crippen LogP contribution >= 0.6 is 11.3 Å². The Bertz CT molecular complexity index is 798. The van der Waals surface area contributed by atoms with Crippen molar-refractivity contribution in [3.63, 3.8) is 0 Å². The number of carbonyl (C=O) groups is 2. The average molecular weight is 359 g/mol. The minimum absolute atomic E-state index is 0.0689. The molecule has 0 fully saturated rings. The minimum Gasteiger partial charge on any atom is -0.466 e. The number of rotatable bonds is 3. The second-order valence-electron chi connectivity index (χ2n) is 7.58. The van der Waals surface area contributed by atoms with E-state index >= 15 is 0 Å². The summed E-state index contributed by atoms with van der Waals surface area (Å²) >= 11 is 1.67. The fourth-order valence-electron chi connectivity index (χ4n) is 3.84. The van der Waals surface area contributed by atoms with Crippen molar-refractivity contribution < 1.29 is 14.3 Å². The number of nitrogens with one attached hydrogen (secondary N) is 1. The smallest absolute Gasteiger partial charge is 0.336 e. The molecule has 1 aliphatic carbocycles. The lowest BCUT2D eigenvalue weighted by atomic mass is 9.70. The average Bonchev–Trinajstić information content (AvgIpc) is 3.00. The number of hydrogen-bond acceptors (Lipinski definition) is 5. The number of allylic oxidation sites excluding steroid dienone is 3. The van der Waals surface area contributed by atoms with Gasteiger partial charge in [-0.25, -0.2) is 4.79 Å². The predicted molar refractivity (Wildman–Crippen MR) is 99.3 cm³/mol. The van der Waals surface area contributed by atoms with E-state index in [0.29, 0.717) is 12.0 Å². The van der Waals surface area contributed by atoms with Gasteiger partial charge in [-0.3, -0.25) is 4.79 Å². The summed E-state index contributed by atoms with van der Waals surface area (Å²) in [5, 5.41) is 3.33. The Morgan fingerprint density at radius 1 is 1.36 bits per heavy atom. The van der Waals surface area contributed by atoms with Gasteiger partial charge < -0.3 is 10.1 Å². The zero-order valence-corrected chi connectivity index (χ0v) is 16.3. The summed E-state index contributed by atoms with van der Waals surface area (Å²) in [5.41, 5.74) is 2.98. The summed E-state index contributed by atoms with van der Waals surface area (Å²) < 4.78 is 5.03. The molecule has 0 bridgehead atoms. The van der Waals surface area contributed by atoms with Crippen LogP contribution in [0.5, 0.6) is 0 Å². The maximum absolute atomic E-state index is 13.0. The van der Waals surface area contributed by atoms with Crippen LogP contribution in [0.4, 0.5) is 0 Å². The fraction of sp³-hybridized carbons (Fsp3) is 0.500. The van der Waals surface area contributed by atoms with Crippen molar-refractivity contribution in [1.82, 2.24) is 5.32 Å². The molecular formula is C20H25NO3S. The first-order valence-corrected chi connectivity index (χ1v) is 9.50. The third kappa shape index (κ3) is 3.17. The molecule has 5 heteroatoms. The van der Waals surface area contributed by atoms with Crippen molar-refractivity contribution in [2.75, 3.05) is 7.11 Å². The highest BCUT2D eigenvalue weighted by molar-refractivity contribution is 7.12. The molecule has 3 rings (SSSR count). The fourth-order valence-corrected chi connectivity index (χ4v) is 4.91. The quantitative estimate of drug-likeness (QED) is 0.826. The summed E-state index contributed by atoms with van der Waals surface area (Å²) in [6.07, 6.45) is 2.25. The molecule has 4 nitrogen and oxygen atoms in total. The molecule has 1 aromatic rings. The van der Waals surface area contributed by atoms with Crippen LogP contribution in [0.25, 0.3) is 0 Å². The molecule has 1 N–H and O–H groups in total. The highest BCUT2D eigenvalue weighted by Crippen LogP contribution is 2.48. The van der Waals surface area contributed by atoms with Crippen LogP contribution in [0.15, 0.2) is 34.7 Å². The lowest BCUT2D eigenvalue weighted by Crippen LogP contribution is -2.38. The molecule has 1 atom stereocenters. The van der Waals surface area contributed by atoms with E-state index in [1.165, 1.54) is 12.0 Å². The van der Waals surface area contributed by atoms with E-state index in [4.69, 9.17) is 4.74 Å². The van der Waals surface area contributed by atoms with Crippen LogP contribution in [0.1, 0.15) is 56.2 Å². The molecule has 0 spiro atoms. The zero-order valence-electron chi connectivity index (χ0n) is 15.5. The lowest BCUT2D eigenvalue weighted by Gasteiger charge is -2.39. The van der Waals surface area contributed by atoms with Crippen molar-refractivity contribution in [2.24, 2.45) is 5.41 Å². The number of carbonyl (C=O) groups excluding carboxylic acids is 2. The molecule has 1 aliphatic heterocycles. The summed E-state index contributed by atoms with van der Waals surface area (Å²) in [6, 6.07) is 4.14. The third-order valence-electron chi connectivity index (χ3n) is 4.96. The molecule has 25 heavy (non-hydrogen) atoms. The van der Waals surface area contributed by atoms with E-state index in [9.17, 15) is 9.59 Å². The standard InChI is InChI=1S/C20H25NO3S/c1-6-12-7-8-15(25-12)18-16(19(23)24-5)11(2)21-13-9-20(3,4)10-14(22)17(13)18/h7-8,18,21H,6,9-10H2,1-5H3/t18-/m1/s1. The first kappa shape index (κ1) is 17.9. The maximum atomic E-state index is 13.0. The number of aryl methyl sites for hydroxylation is 1. The molecule has 134 valence electrons. The van der Waals surface area contributed by atoms with Gasteiger partial charge in [0, 0.05) is 33.1 Å². The Labute approximate surface area is 153 Å². The molecule has 0 radical (unpaired) electrons. The van der Waals surface area contributed by atoms with Gasteiger partial charge in [0.2, 0.25) is 0 Å². The Kier molecular flexibility index (Phi) is 4.62. The van der Waals surface area contributed by atoms with Crippen molar-refractivity contribution in [1.29, 1.82) is 0 Å². The number of esters is 1. The van der Waals surface area contributed by atoms with Gasteiger partial charge in [-0.05, 0) is 37.3 Å². The largest absolute Gasteiger partial charge is 0.466 e. The lowest BCUT2D eigenvalue weighted by molar-refractivity contribution is -0.136. The Morgan fingerprint density at radius 2 is 2.08 bits per heavy atom. The normalized spacial score (nSPS) is 22.6. The number of ether oxygens (including phenoxy) is 1. The third-order valence-corrected chi connectivity index (χ3v) is 6.25. The number of thiophene rings is 1. The van der Waals surface area contributed by atoms with Crippen molar-refractivity contribution in [2.45, 2.75) is 52.9 Å². The van der Waals surface area contributed by atoms with Crippen LogP contribution in [-0.4, -0.2) is 18.9 Å². The first-order valence-electron chi connectivity index (χ1n) is 8.68. The van der Waals surface area contributed by atoms with E-state index < -0.39 is 0 Å². The molecule has 0 amide bonds. The molecule has 2 aliphatic rings. The van der Waals surface area contributed by atoms with Crippen LogP contribution in [0.2, 0.25) is 0 Å². The zero-order chi connectivity index (χ0) is 18.4. The van der Waals surface area contributed by atoms with E-state index in [-0.39, 0.29) is 23.1 Å². The molecule has 0 unspecified atom stereocenters. The number of dihydropyridines is 1. The van der Waals surface area contributed by atoms with Gasteiger partial charge >= 0.3 is 5.97 Å². The Balaban J connectivity index is 2.17. The molecular weight excluding hydrogens is 334 g/mol. The van der Waals surface area contributed by atoms with E-state index in [2.05, 4.69) is 32.2 Å². The van der Waals surface area contributed by atoms with Crippen LogP contribution in [0.3, 0.4) is 0 Å². The summed E-state index contributed by atoms with van der Waals surface area (Å²) in [4.78, 5) is 27.8. The molecule has 1 aromatic heterocycles. The summed E-state index contributed by atoms with van der Waals surface area (Å²) in [5.74, 6) is -0.563. The highest BCUT2D eigenvalue weighted by atomic mass is 32.1. The van der Waals surface area contributed by atoms with Gasteiger partial charge in [-0.15, -0.1) is 11.3 Å². The summed E-state index contributed by atoms with van der Waals surface area (Å²) in [6.45, 7) is 8.23. The molecule has 2 heterocycles.